The lowest BCUT2D eigenvalue weighted by molar-refractivity contribution is -0.140. The average molecular weight is 427 g/mol. The summed E-state index contributed by atoms with van der Waals surface area (Å²) in [4.78, 5) is 24.2. The van der Waals surface area contributed by atoms with Gasteiger partial charge in [0.05, 0.1) is 4.88 Å². The summed E-state index contributed by atoms with van der Waals surface area (Å²) in [6, 6.07) is 2.95. The molecule has 2 aromatic rings. The van der Waals surface area contributed by atoms with Gasteiger partial charge in [0.2, 0.25) is 0 Å². The fourth-order valence-electron chi connectivity index (χ4n) is 4.33. The van der Waals surface area contributed by atoms with Gasteiger partial charge >= 0.3 is 6.18 Å². The number of thiophene rings is 1. The molecular weight excluding hydrogens is 401 g/mol. The number of carbonyl (C=O) groups excluding carboxylic acids is 1. The van der Waals surface area contributed by atoms with Crippen molar-refractivity contribution >= 4 is 27.5 Å². The van der Waals surface area contributed by atoms with Crippen molar-refractivity contribution in [1.82, 2.24) is 19.7 Å². The van der Waals surface area contributed by atoms with Crippen LogP contribution in [0.3, 0.4) is 0 Å². The van der Waals surface area contributed by atoms with Crippen LogP contribution in [0, 0.1) is 6.92 Å². The fourth-order valence-corrected chi connectivity index (χ4v) is 5.48. The van der Waals surface area contributed by atoms with Gasteiger partial charge in [-0.25, -0.2) is 4.98 Å². The summed E-state index contributed by atoms with van der Waals surface area (Å²) in [6.45, 7) is 6.97. The van der Waals surface area contributed by atoms with Gasteiger partial charge in [-0.3, -0.25) is 9.69 Å². The number of halogens is 3. The second kappa shape index (κ2) is 7.85. The van der Waals surface area contributed by atoms with Crippen molar-refractivity contribution in [2.45, 2.75) is 32.0 Å². The number of pyridine rings is 1. The van der Waals surface area contributed by atoms with Crippen molar-refractivity contribution in [3.63, 3.8) is 0 Å². The Kier molecular flexibility index (Phi) is 5.56. The molecule has 5 nitrogen and oxygen atoms in total. The molecule has 0 saturated carbocycles. The van der Waals surface area contributed by atoms with Crippen LogP contribution < -0.4 is 0 Å². The molecule has 4 rings (SSSR count). The number of piperazine rings is 1. The highest BCUT2D eigenvalue weighted by Gasteiger charge is 2.34. The second-order valence-electron chi connectivity index (χ2n) is 7.99. The van der Waals surface area contributed by atoms with E-state index in [0.717, 1.165) is 43.6 Å². The van der Waals surface area contributed by atoms with Crippen molar-refractivity contribution < 1.29 is 18.0 Å². The van der Waals surface area contributed by atoms with Crippen molar-refractivity contribution in [2.24, 2.45) is 0 Å². The molecule has 0 N–H and O–H groups in total. The molecule has 2 fully saturated rings. The molecule has 1 unspecified atom stereocenters. The molecule has 2 saturated heterocycles. The van der Waals surface area contributed by atoms with E-state index in [1.54, 1.807) is 6.92 Å². The maximum atomic E-state index is 13.1. The molecule has 0 aromatic carbocycles. The first-order valence-corrected chi connectivity index (χ1v) is 10.7. The number of hydrogen-bond acceptors (Lipinski definition) is 5. The zero-order valence-corrected chi connectivity index (χ0v) is 17.4. The molecule has 0 radical (unpaired) electrons. The number of piperidine rings is 1. The first-order chi connectivity index (χ1) is 13.7. The normalized spacial score (nSPS) is 22.4. The van der Waals surface area contributed by atoms with Crippen LogP contribution in [0.15, 0.2) is 12.1 Å². The van der Waals surface area contributed by atoms with Gasteiger partial charge in [0.15, 0.2) is 0 Å². The maximum Gasteiger partial charge on any atom is 0.433 e. The molecule has 1 atom stereocenters. The number of aromatic nitrogens is 1. The fraction of sp³-hybridized carbons (Fsp3) is 0.600. The average Bonchev–Trinajstić information content (AvgIpc) is 3.03. The van der Waals surface area contributed by atoms with Gasteiger partial charge in [-0.05, 0) is 51.1 Å². The van der Waals surface area contributed by atoms with Crippen LogP contribution in [0.5, 0.6) is 0 Å². The minimum absolute atomic E-state index is 0.0977. The summed E-state index contributed by atoms with van der Waals surface area (Å²) in [7, 11) is 2.15. The maximum absolute atomic E-state index is 13.1. The number of carbonyl (C=O) groups is 1. The molecule has 158 valence electrons. The minimum Gasteiger partial charge on any atom is -0.335 e. The predicted octanol–water partition coefficient (Wildman–Crippen LogP) is 3.48. The first-order valence-electron chi connectivity index (χ1n) is 9.93. The topological polar surface area (TPSA) is 39.7 Å². The molecule has 2 aliphatic heterocycles. The molecule has 0 aliphatic carbocycles. The molecule has 0 bridgehead atoms. The van der Waals surface area contributed by atoms with E-state index in [4.69, 9.17) is 0 Å². The summed E-state index contributed by atoms with van der Waals surface area (Å²) in [6.07, 6.45) is -2.09. The van der Waals surface area contributed by atoms with Gasteiger partial charge in [-0.2, -0.15) is 13.2 Å². The zero-order chi connectivity index (χ0) is 20.8. The number of amides is 1. The van der Waals surface area contributed by atoms with Gasteiger partial charge in [0.1, 0.15) is 10.5 Å². The summed E-state index contributed by atoms with van der Waals surface area (Å²) in [5.74, 6) is -0.0977. The largest absolute Gasteiger partial charge is 0.433 e. The van der Waals surface area contributed by atoms with Gasteiger partial charge in [-0.15, -0.1) is 11.3 Å². The smallest absolute Gasteiger partial charge is 0.335 e. The van der Waals surface area contributed by atoms with Crippen LogP contribution in [0.2, 0.25) is 0 Å². The Morgan fingerprint density at radius 2 is 1.90 bits per heavy atom. The molecule has 2 aliphatic rings. The molecule has 9 heteroatoms. The Morgan fingerprint density at radius 3 is 2.55 bits per heavy atom. The standard InChI is InChI=1S/C20H25F3N4OS/c1-13-15-5-6-16(20(21,22)23)24-18(15)29-17(13)19(28)27-10-8-26(9-11-27)14-4-3-7-25(2)12-14/h5-6,14H,3-4,7-12H2,1-2H3. The summed E-state index contributed by atoms with van der Waals surface area (Å²) in [5, 5.41) is 0.621. The number of fused-ring (bicyclic) bond motifs is 1. The summed E-state index contributed by atoms with van der Waals surface area (Å²) in [5.41, 5.74) is -0.205. The Hall–Kier alpha value is -1.71. The first kappa shape index (κ1) is 20.6. The Balaban J connectivity index is 1.47. The van der Waals surface area contributed by atoms with Gasteiger partial charge in [0, 0.05) is 44.2 Å². The highest BCUT2D eigenvalue weighted by molar-refractivity contribution is 7.20. The number of alkyl halides is 3. The number of nitrogens with zero attached hydrogens (tertiary/aromatic N) is 4. The van der Waals surface area contributed by atoms with E-state index in [1.165, 1.54) is 18.9 Å². The summed E-state index contributed by atoms with van der Waals surface area (Å²) >= 11 is 1.06. The Bertz CT molecular complexity index is 905. The number of likely N-dealkylation sites (N-methyl/N-ethyl adjacent to an activating group) is 1. The van der Waals surface area contributed by atoms with Gasteiger partial charge in [-0.1, -0.05) is 0 Å². The SMILES string of the molecule is Cc1c(C(=O)N2CCN(C3CCCN(C)C3)CC2)sc2nc(C(F)(F)F)ccc12. The molecule has 4 heterocycles. The highest BCUT2D eigenvalue weighted by Crippen LogP contribution is 2.35. The van der Waals surface area contributed by atoms with Crippen LogP contribution in [-0.4, -0.2) is 77.9 Å². The van der Waals surface area contributed by atoms with Crippen LogP contribution >= 0.6 is 11.3 Å². The lowest BCUT2D eigenvalue weighted by Gasteiger charge is -2.42. The third kappa shape index (κ3) is 4.13. The van der Waals surface area contributed by atoms with E-state index in [9.17, 15) is 18.0 Å². The Morgan fingerprint density at radius 1 is 1.17 bits per heavy atom. The zero-order valence-electron chi connectivity index (χ0n) is 16.6. The quantitative estimate of drug-likeness (QED) is 0.737. The minimum atomic E-state index is -4.49. The van der Waals surface area contributed by atoms with Crippen molar-refractivity contribution in [3.05, 3.63) is 28.3 Å². The summed E-state index contributed by atoms with van der Waals surface area (Å²) < 4.78 is 38.8. The third-order valence-electron chi connectivity index (χ3n) is 6.01. The number of aryl methyl sites for hydroxylation is 1. The van der Waals surface area contributed by atoms with E-state index >= 15 is 0 Å². The lowest BCUT2D eigenvalue weighted by atomic mass is 10.0. The van der Waals surface area contributed by atoms with Crippen molar-refractivity contribution in [3.8, 4) is 0 Å². The Labute approximate surface area is 172 Å². The monoisotopic (exact) mass is 426 g/mol. The molecule has 0 spiro atoms. The van der Waals surface area contributed by atoms with E-state index in [1.807, 2.05) is 4.90 Å². The van der Waals surface area contributed by atoms with Crippen LogP contribution in [0.1, 0.15) is 33.8 Å². The number of likely N-dealkylation sites (tertiary alicyclic amines) is 1. The van der Waals surface area contributed by atoms with E-state index in [0.29, 0.717) is 35.0 Å². The highest BCUT2D eigenvalue weighted by atomic mass is 32.1. The number of hydrogen-bond donors (Lipinski definition) is 0. The lowest BCUT2D eigenvalue weighted by Crippen LogP contribution is -2.55. The van der Waals surface area contributed by atoms with Gasteiger partial charge < -0.3 is 9.80 Å². The molecular formula is C20H25F3N4OS. The van der Waals surface area contributed by atoms with Crippen LogP contribution in [-0.2, 0) is 6.18 Å². The molecule has 1 amide bonds. The number of rotatable bonds is 2. The van der Waals surface area contributed by atoms with Crippen molar-refractivity contribution in [1.29, 1.82) is 0 Å². The van der Waals surface area contributed by atoms with Crippen molar-refractivity contribution in [2.75, 3.05) is 46.3 Å². The van der Waals surface area contributed by atoms with Gasteiger partial charge in [0.25, 0.3) is 5.91 Å². The molecule has 29 heavy (non-hydrogen) atoms. The molecule has 2 aromatic heterocycles. The van der Waals surface area contributed by atoms with E-state index in [-0.39, 0.29) is 10.7 Å². The second-order valence-corrected chi connectivity index (χ2v) is 8.99. The van der Waals surface area contributed by atoms with Crippen LogP contribution in [0.25, 0.3) is 10.2 Å². The predicted molar refractivity (Wildman–Crippen MR) is 107 cm³/mol. The van der Waals surface area contributed by atoms with E-state index < -0.39 is 11.9 Å². The third-order valence-corrected chi connectivity index (χ3v) is 7.20. The van der Waals surface area contributed by atoms with Crippen LogP contribution in [0.4, 0.5) is 13.2 Å². The van der Waals surface area contributed by atoms with E-state index in [2.05, 4.69) is 21.8 Å².